The second-order valence-corrected chi connectivity index (χ2v) is 3.72. The van der Waals surface area contributed by atoms with Gasteiger partial charge in [-0.25, -0.2) is 4.98 Å². The molecule has 0 spiro atoms. The molecule has 0 aliphatic rings. The smallest absolute Gasteiger partial charge is 0.204 e. The van der Waals surface area contributed by atoms with Gasteiger partial charge in [-0.05, 0) is 19.3 Å². The maximum Gasteiger partial charge on any atom is 0.204 e. The largest absolute Gasteiger partial charge is 0.448 e. The maximum atomic E-state index is 8.58. The molecule has 0 saturated heterocycles. The molecule has 1 aromatic rings. The van der Waals surface area contributed by atoms with E-state index in [1.54, 1.807) is 6.26 Å². The number of oxazole rings is 1. The van der Waals surface area contributed by atoms with E-state index in [-0.39, 0.29) is 6.41 Å². The van der Waals surface area contributed by atoms with Crippen LogP contribution in [0.3, 0.4) is 0 Å². The molecule has 4 heteroatoms. The Morgan fingerprint density at radius 3 is 2.18 bits per heavy atom. The summed E-state index contributed by atoms with van der Waals surface area (Å²) < 4.78 is 5.37. The number of carbonyl (C=O) groups excluding carboxylic acids is 1. The molecule has 2 N–H and O–H groups in total. The zero-order valence-corrected chi connectivity index (χ0v) is 11.9. The molecule has 1 rings (SSSR count). The van der Waals surface area contributed by atoms with Crippen molar-refractivity contribution in [3.05, 3.63) is 17.8 Å². The Kier molecular flexibility index (Phi) is 11.9. The average molecular weight is 242 g/mol. The van der Waals surface area contributed by atoms with Crippen LogP contribution in [0.15, 0.2) is 10.7 Å². The Balaban J connectivity index is 0. The zero-order valence-electron chi connectivity index (χ0n) is 11.9. The predicted molar refractivity (Wildman–Crippen MR) is 70.7 cm³/mol. The Morgan fingerprint density at radius 1 is 1.47 bits per heavy atom. The Bertz CT molecular complexity index is 283. The maximum absolute atomic E-state index is 8.58. The second kappa shape index (κ2) is 11.2. The number of nitrogens with zero attached hydrogens (tertiary/aromatic N) is 1. The molecular weight excluding hydrogens is 216 g/mol. The van der Waals surface area contributed by atoms with Crippen molar-refractivity contribution in [2.45, 2.75) is 53.9 Å². The second-order valence-electron chi connectivity index (χ2n) is 3.72. The van der Waals surface area contributed by atoms with E-state index < -0.39 is 0 Å². The first-order valence-corrected chi connectivity index (χ1v) is 6.14. The van der Waals surface area contributed by atoms with Gasteiger partial charge in [0.15, 0.2) is 5.89 Å². The third kappa shape index (κ3) is 7.55. The molecule has 1 unspecified atom stereocenters. The molecule has 0 saturated carbocycles. The van der Waals surface area contributed by atoms with Gasteiger partial charge in [0.2, 0.25) is 6.41 Å². The van der Waals surface area contributed by atoms with Crippen LogP contribution in [0, 0.1) is 12.8 Å². The normalized spacial score (nSPS) is 10.8. The minimum atomic E-state index is 0.250. The minimum Gasteiger partial charge on any atom is -0.448 e. The van der Waals surface area contributed by atoms with Crippen molar-refractivity contribution >= 4 is 6.41 Å². The first-order valence-electron chi connectivity index (χ1n) is 6.14. The summed E-state index contributed by atoms with van der Waals surface area (Å²) in [5.41, 5.74) is 5.14. The number of aryl methyl sites for hydroxylation is 1. The highest BCUT2D eigenvalue weighted by Crippen LogP contribution is 2.26. The van der Waals surface area contributed by atoms with E-state index in [4.69, 9.17) is 9.21 Å². The summed E-state index contributed by atoms with van der Waals surface area (Å²) in [4.78, 5) is 12.9. The van der Waals surface area contributed by atoms with Crippen molar-refractivity contribution in [1.29, 1.82) is 0 Å². The highest BCUT2D eigenvalue weighted by atomic mass is 16.3. The van der Waals surface area contributed by atoms with Gasteiger partial charge in [0, 0.05) is 5.92 Å². The fourth-order valence-corrected chi connectivity index (χ4v) is 1.47. The predicted octanol–water partition coefficient (Wildman–Crippen LogP) is 3.26. The number of primary amides is 1. The van der Waals surface area contributed by atoms with Crippen molar-refractivity contribution in [3.63, 3.8) is 0 Å². The Labute approximate surface area is 105 Å². The van der Waals surface area contributed by atoms with Crippen LogP contribution in [0.2, 0.25) is 0 Å². The molecule has 1 aromatic heterocycles. The van der Waals surface area contributed by atoms with Gasteiger partial charge >= 0.3 is 0 Å². The fourth-order valence-electron chi connectivity index (χ4n) is 1.47. The number of hydrogen-bond donors (Lipinski definition) is 1. The molecule has 0 aromatic carbocycles. The summed E-state index contributed by atoms with van der Waals surface area (Å²) in [6.45, 7) is 12.5. The van der Waals surface area contributed by atoms with Gasteiger partial charge in [0.25, 0.3) is 0 Å². The van der Waals surface area contributed by atoms with Crippen LogP contribution in [0.4, 0.5) is 0 Å². The van der Waals surface area contributed by atoms with Crippen LogP contribution in [-0.2, 0) is 4.79 Å². The Morgan fingerprint density at radius 2 is 1.94 bits per heavy atom. The standard InChI is InChI=1S/C10H17NO.C2H6.CH3NO/c1-5-9(7(2)3)10-11-8(4)6-12-10;1-2;2-1-3/h6-7,9H,5H2,1-4H3;1-2H3;1H,(H2,2,3). The van der Waals surface area contributed by atoms with Gasteiger partial charge in [-0.3, -0.25) is 4.79 Å². The third-order valence-electron chi connectivity index (χ3n) is 2.20. The highest BCUT2D eigenvalue weighted by molar-refractivity contribution is 5.42. The topological polar surface area (TPSA) is 69.1 Å². The van der Waals surface area contributed by atoms with Gasteiger partial charge in [-0.15, -0.1) is 0 Å². The van der Waals surface area contributed by atoms with E-state index in [1.165, 1.54) is 0 Å². The van der Waals surface area contributed by atoms with Crippen molar-refractivity contribution in [1.82, 2.24) is 4.98 Å². The van der Waals surface area contributed by atoms with Gasteiger partial charge in [-0.2, -0.15) is 0 Å². The van der Waals surface area contributed by atoms with Crippen LogP contribution < -0.4 is 5.73 Å². The van der Waals surface area contributed by atoms with E-state index >= 15 is 0 Å². The highest BCUT2D eigenvalue weighted by Gasteiger charge is 2.18. The lowest BCUT2D eigenvalue weighted by Crippen LogP contribution is -2.05. The summed E-state index contributed by atoms with van der Waals surface area (Å²) in [6, 6.07) is 0. The molecule has 100 valence electrons. The molecule has 0 radical (unpaired) electrons. The summed E-state index contributed by atoms with van der Waals surface area (Å²) in [5.74, 6) is 1.97. The number of hydrogen-bond acceptors (Lipinski definition) is 3. The quantitative estimate of drug-likeness (QED) is 0.827. The minimum absolute atomic E-state index is 0.250. The summed E-state index contributed by atoms with van der Waals surface area (Å²) >= 11 is 0. The number of nitrogens with two attached hydrogens (primary N) is 1. The average Bonchev–Trinajstić information content (AvgIpc) is 2.69. The molecule has 0 aliphatic carbocycles. The molecule has 1 heterocycles. The van der Waals surface area contributed by atoms with E-state index in [0.717, 1.165) is 18.0 Å². The van der Waals surface area contributed by atoms with Crippen molar-refractivity contribution in [2.24, 2.45) is 11.7 Å². The lowest BCUT2D eigenvalue weighted by molar-refractivity contribution is -0.106. The van der Waals surface area contributed by atoms with E-state index in [0.29, 0.717) is 11.8 Å². The van der Waals surface area contributed by atoms with E-state index in [1.807, 2.05) is 20.8 Å². The molecule has 1 amide bonds. The molecular formula is C13H26N2O2. The molecule has 1 atom stereocenters. The number of carbonyl (C=O) groups is 1. The van der Waals surface area contributed by atoms with E-state index in [9.17, 15) is 0 Å². The van der Waals surface area contributed by atoms with Crippen LogP contribution >= 0.6 is 0 Å². The zero-order chi connectivity index (χ0) is 13.8. The molecule has 0 fully saturated rings. The van der Waals surface area contributed by atoms with Crippen LogP contribution in [0.5, 0.6) is 0 Å². The van der Waals surface area contributed by atoms with Crippen molar-refractivity contribution in [3.8, 4) is 0 Å². The first-order chi connectivity index (χ1) is 8.06. The van der Waals surface area contributed by atoms with Gasteiger partial charge < -0.3 is 10.2 Å². The molecule has 0 bridgehead atoms. The summed E-state index contributed by atoms with van der Waals surface area (Å²) in [7, 11) is 0. The van der Waals surface area contributed by atoms with Crippen LogP contribution in [0.1, 0.15) is 58.5 Å². The lowest BCUT2D eigenvalue weighted by Gasteiger charge is -2.14. The molecule has 0 aliphatic heterocycles. The monoisotopic (exact) mass is 242 g/mol. The van der Waals surface area contributed by atoms with Gasteiger partial charge in [0.1, 0.15) is 6.26 Å². The Hall–Kier alpha value is -1.32. The first kappa shape index (κ1) is 18.1. The fraction of sp³-hybridized carbons (Fsp3) is 0.692. The van der Waals surface area contributed by atoms with Crippen molar-refractivity contribution in [2.75, 3.05) is 0 Å². The van der Waals surface area contributed by atoms with Gasteiger partial charge in [0.05, 0.1) is 5.69 Å². The van der Waals surface area contributed by atoms with E-state index in [2.05, 4.69) is 31.5 Å². The third-order valence-corrected chi connectivity index (χ3v) is 2.20. The number of aromatic nitrogens is 1. The summed E-state index contributed by atoms with van der Waals surface area (Å²) in [6.07, 6.45) is 3.07. The SMILES string of the molecule is CC.CCC(c1nc(C)co1)C(C)C.NC=O. The van der Waals surface area contributed by atoms with Gasteiger partial charge in [-0.1, -0.05) is 34.6 Å². The molecule has 17 heavy (non-hydrogen) atoms. The lowest BCUT2D eigenvalue weighted by atomic mass is 9.93. The van der Waals surface area contributed by atoms with Crippen LogP contribution in [0.25, 0.3) is 0 Å². The molecule has 4 nitrogen and oxygen atoms in total. The summed E-state index contributed by atoms with van der Waals surface area (Å²) in [5, 5.41) is 0. The number of rotatable bonds is 3. The number of amides is 1. The van der Waals surface area contributed by atoms with Crippen LogP contribution in [-0.4, -0.2) is 11.4 Å². The van der Waals surface area contributed by atoms with Crippen molar-refractivity contribution < 1.29 is 9.21 Å².